The molecule has 4 unspecified atom stereocenters. The topological polar surface area (TPSA) is 82.1 Å². The van der Waals surface area contributed by atoms with Crippen molar-refractivity contribution in [1.82, 2.24) is 0 Å². The van der Waals surface area contributed by atoms with E-state index in [0.29, 0.717) is 12.3 Å². The molecule has 0 spiro atoms. The number of unbranched alkanes of at least 4 members (excludes halogenated alkanes) is 12. The fourth-order valence-corrected chi connectivity index (χ4v) is 5.19. The zero-order chi connectivity index (χ0) is 27.9. The first kappa shape index (κ1) is 36.8. The van der Waals surface area contributed by atoms with Crippen LogP contribution >= 0.6 is 21.1 Å². The van der Waals surface area contributed by atoms with Gasteiger partial charge in [0, 0.05) is 0 Å². The number of carbonyl (C=O) groups is 1. The van der Waals surface area contributed by atoms with Crippen LogP contribution in [-0.4, -0.2) is 34.4 Å². The second-order valence-corrected chi connectivity index (χ2v) is 12.0. The molecule has 0 bridgehead atoms. The van der Waals surface area contributed by atoms with Crippen LogP contribution in [0.25, 0.3) is 0 Å². The van der Waals surface area contributed by atoms with E-state index in [4.69, 9.17) is 14.2 Å². The second-order valence-electron chi connectivity index (χ2n) is 10.6. The summed E-state index contributed by atoms with van der Waals surface area (Å²) < 4.78 is 27.9. The van der Waals surface area contributed by atoms with Crippen molar-refractivity contribution >= 4 is 27.1 Å². The lowest BCUT2D eigenvalue weighted by molar-refractivity contribution is -0.260. The Morgan fingerprint density at radius 3 is 1.70 bits per heavy atom. The van der Waals surface area contributed by atoms with Crippen LogP contribution in [0.5, 0.6) is 0 Å². The molecule has 4 atom stereocenters. The van der Waals surface area contributed by atoms with Crippen LogP contribution in [0.3, 0.4) is 0 Å². The standard InChI is InChI=1S/C29H57O6PS/c1-6-9-11-13-14-15-16-18-20-22-25(21-19-17-12-10-7-2)23-27(37)34-26(8-3)35-29(31,36-32)28(30)33-24(4)5/h24-27,31,37H,6-23H2,1-5H3. The summed E-state index contributed by atoms with van der Waals surface area (Å²) in [6, 6.07) is 0. The van der Waals surface area contributed by atoms with Crippen molar-refractivity contribution in [2.24, 2.45) is 5.92 Å². The predicted molar refractivity (Wildman–Crippen MR) is 156 cm³/mol. The van der Waals surface area contributed by atoms with E-state index in [1.54, 1.807) is 13.8 Å². The number of carbonyl (C=O) groups excluding carboxylic acids is 1. The van der Waals surface area contributed by atoms with Crippen molar-refractivity contribution in [1.29, 1.82) is 0 Å². The summed E-state index contributed by atoms with van der Waals surface area (Å²) >= 11 is 4.67. The molecule has 0 aromatic heterocycles. The molecule has 0 heterocycles. The lowest BCUT2D eigenvalue weighted by Gasteiger charge is -2.29. The smallest absolute Gasteiger partial charge is 0.380 e. The highest BCUT2D eigenvalue weighted by Crippen LogP contribution is 2.30. The largest absolute Gasteiger partial charge is 0.458 e. The van der Waals surface area contributed by atoms with Crippen LogP contribution in [0.2, 0.25) is 0 Å². The quantitative estimate of drug-likeness (QED) is 0.0358. The Labute approximate surface area is 235 Å². The van der Waals surface area contributed by atoms with Gasteiger partial charge >= 0.3 is 11.5 Å². The van der Waals surface area contributed by atoms with E-state index in [1.165, 1.54) is 89.9 Å². The number of aliphatic hydroxyl groups is 1. The first-order valence-electron chi connectivity index (χ1n) is 15.0. The Bertz CT molecular complexity index is 565. The molecule has 220 valence electrons. The Morgan fingerprint density at radius 1 is 0.838 bits per heavy atom. The minimum Gasteiger partial charge on any atom is -0.458 e. The normalized spacial score (nSPS) is 16.0. The molecular formula is C29H57O6PS. The van der Waals surface area contributed by atoms with Crippen molar-refractivity contribution in [3.8, 4) is 0 Å². The lowest BCUT2D eigenvalue weighted by Crippen LogP contribution is -2.42. The molecule has 0 aromatic rings. The summed E-state index contributed by atoms with van der Waals surface area (Å²) in [5.74, 6) is -0.583. The van der Waals surface area contributed by atoms with Crippen LogP contribution < -0.4 is 0 Å². The van der Waals surface area contributed by atoms with E-state index >= 15 is 0 Å². The van der Waals surface area contributed by atoms with Crippen LogP contribution in [0.1, 0.15) is 150 Å². The number of ether oxygens (including phenoxy) is 3. The third kappa shape index (κ3) is 19.5. The molecule has 0 aliphatic carbocycles. The van der Waals surface area contributed by atoms with E-state index < -0.39 is 37.8 Å². The lowest BCUT2D eigenvalue weighted by atomic mass is 9.91. The van der Waals surface area contributed by atoms with Gasteiger partial charge in [0.15, 0.2) is 6.29 Å². The van der Waals surface area contributed by atoms with Gasteiger partial charge < -0.3 is 19.3 Å². The number of thiol groups is 1. The number of rotatable bonds is 26. The number of hydrogen-bond acceptors (Lipinski definition) is 7. The van der Waals surface area contributed by atoms with Crippen LogP contribution in [0.15, 0.2) is 0 Å². The number of hydrogen-bond donors (Lipinski definition) is 2. The maximum absolute atomic E-state index is 12.2. The molecular weight excluding hydrogens is 507 g/mol. The maximum Gasteiger partial charge on any atom is 0.380 e. The van der Waals surface area contributed by atoms with Gasteiger partial charge in [-0.15, -0.1) is 12.6 Å². The van der Waals surface area contributed by atoms with Crippen molar-refractivity contribution < 1.29 is 28.7 Å². The average molecular weight is 565 g/mol. The van der Waals surface area contributed by atoms with E-state index in [9.17, 15) is 14.5 Å². The highest BCUT2D eigenvalue weighted by Gasteiger charge is 2.44. The zero-order valence-corrected chi connectivity index (χ0v) is 26.2. The monoisotopic (exact) mass is 564 g/mol. The van der Waals surface area contributed by atoms with Crippen molar-refractivity contribution in [3.63, 3.8) is 0 Å². The Hall–Kier alpha value is -0.200. The third-order valence-electron chi connectivity index (χ3n) is 6.64. The van der Waals surface area contributed by atoms with Gasteiger partial charge in [-0.25, -0.2) is 4.79 Å². The molecule has 0 rings (SSSR count). The van der Waals surface area contributed by atoms with Gasteiger partial charge in [0.05, 0.1) is 6.10 Å². The molecule has 8 heteroatoms. The summed E-state index contributed by atoms with van der Waals surface area (Å²) in [5.41, 5.74) is -2.99. The SMILES string of the molecule is CCCCCCCCCCCC(CCCCCCC)CC(S)OC(CC)OC(O)(P=O)C(=O)OC(C)C. The third-order valence-corrected chi connectivity index (χ3v) is 7.51. The van der Waals surface area contributed by atoms with Crippen LogP contribution in [0.4, 0.5) is 0 Å². The summed E-state index contributed by atoms with van der Waals surface area (Å²) in [7, 11) is -0.888. The molecule has 0 saturated carbocycles. The molecule has 1 N–H and O–H groups in total. The van der Waals surface area contributed by atoms with Gasteiger partial charge in [-0.05, 0) is 32.6 Å². The molecule has 0 aliphatic heterocycles. The second kappa shape index (κ2) is 23.7. The molecule has 0 aromatic carbocycles. The highest BCUT2D eigenvalue weighted by atomic mass is 32.1. The van der Waals surface area contributed by atoms with Crippen molar-refractivity contribution in [3.05, 3.63) is 0 Å². The van der Waals surface area contributed by atoms with Gasteiger partial charge in [0.25, 0.3) is 0 Å². The predicted octanol–water partition coefficient (Wildman–Crippen LogP) is 9.19. The number of esters is 1. The molecule has 0 fully saturated rings. The highest BCUT2D eigenvalue weighted by molar-refractivity contribution is 7.80. The summed E-state index contributed by atoms with van der Waals surface area (Å²) in [6.45, 7) is 9.60. The van der Waals surface area contributed by atoms with E-state index in [2.05, 4.69) is 26.5 Å². The van der Waals surface area contributed by atoms with Gasteiger partial charge in [-0.1, -0.05) is 124 Å². The maximum atomic E-state index is 12.2. The minimum atomic E-state index is -2.59. The molecule has 0 amide bonds. The summed E-state index contributed by atoms with van der Waals surface area (Å²) in [6.07, 6.45) is 20.2. The fraction of sp³-hybridized carbons (Fsp3) is 0.966. The molecule has 0 radical (unpaired) electrons. The zero-order valence-electron chi connectivity index (χ0n) is 24.4. The Kier molecular flexibility index (Phi) is 23.5. The molecule has 6 nitrogen and oxygen atoms in total. The average Bonchev–Trinajstić information content (AvgIpc) is 2.86. The van der Waals surface area contributed by atoms with Gasteiger partial charge in [0.2, 0.25) is 8.46 Å². The molecule has 0 aliphatic rings. The van der Waals surface area contributed by atoms with Gasteiger partial charge in [-0.2, -0.15) is 0 Å². The first-order chi connectivity index (χ1) is 17.7. The van der Waals surface area contributed by atoms with Crippen LogP contribution in [0, 0.1) is 5.92 Å². The van der Waals surface area contributed by atoms with E-state index in [1.807, 2.05) is 6.92 Å². The van der Waals surface area contributed by atoms with Crippen molar-refractivity contribution in [2.45, 2.75) is 174 Å². The minimum absolute atomic E-state index is 0.365. The fourth-order valence-electron chi connectivity index (χ4n) is 4.46. The Balaban J connectivity index is 4.73. The first-order valence-corrected chi connectivity index (χ1v) is 16.3. The van der Waals surface area contributed by atoms with E-state index in [-0.39, 0.29) is 0 Å². The Morgan fingerprint density at radius 2 is 1.30 bits per heavy atom. The van der Waals surface area contributed by atoms with Gasteiger partial charge in [0.1, 0.15) is 5.44 Å². The van der Waals surface area contributed by atoms with E-state index in [0.717, 1.165) is 19.3 Å². The summed E-state index contributed by atoms with van der Waals surface area (Å²) in [5, 5.41) is 10.4. The van der Waals surface area contributed by atoms with Crippen molar-refractivity contribution in [2.75, 3.05) is 0 Å². The summed E-state index contributed by atoms with van der Waals surface area (Å²) in [4.78, 5) is 12.2. The molecule has 0 saturated heterocycles. The van der Waals surface area contributed by atoms with Gasteiger partial charge in [-0.3, -0.25) is 4.57 Å². The molecule has 37 heavy (non-hydrogen) atoms. The van der Waals surface area contributed by atoms with Crippen LogP contribution in [-0.2, 0) is 23.6 Å².